The highest BCUT2D eigenvalue weighted by atomic mass is 32.2. The Kier molecular flexibility index (Phi) is 4.89. The molecule has 1 aromatic heterocycles. The van der Waals surface area contributed by atoms with Gasteiger partial charge in [-0.3, -0.25) is 4.79 Å². The van der Waals surface area contributed by atoms with E-state index in [2.05, 4.69) is 4.98 Å². The first-order chi connectivity index (χ1) is 9.46. The molecule has 0 aliphatic heterocycles. The molecule has 4 nitrogen and oxygen atoms in total. The number of pyridine rings is 1. The Morgan fingerprint density at radius 2 is 2.00 bits per heavy atom. The molecule has 0 atom stereocenters. The van der Waals surface area contributed by atoms with Crippen LogP contribution >= 0.6 is 11.8 Å². The van der Waals surface area contributed by atoms with Crippen LogP contribution in [0.2, 0.25) is 0 Å². The van der Waals surface area contributed by atoms with Crippen LogP contribution in [0, 0.1) is 11.3 Å². The summed E-state index contributed by atoms with van der Waals surface area (Å²) in [5.74, 6) is -0.938. The minimum absolute atomic E-state index is 0.129. The molecule has 1 heterocycles. The Morgan fingerprint density at radius 3 is 2.38 bits per heavy atom. The number of rotatable bonds is 3. The van der Waals surface area contributed by atoms with Crippen molar-refractivity contribution >= 4 is 17.7 Å². The minimum Gasteiger partial charge on any atom is -0.369 e. The zero-order chi connectivity index (χ0) is 16.4. The van der Waals surface area contributed by atoms with Gasteiger partial charge in [0.05, 0.1) is 16.9 Å². The molecule has 21 heavy (non-hydrogen) atoms. The van der Waals surface area contributed by atoms with Crippen LogP contribution < -0.4 is 5.73 Å². The molecule has 0 spiro atoms. The lowest BCUT2D eigenvalue weighted by molar-refractivity contribution is -0.138. The summed E-state index contributed by atoms with van der Waals surface area (Å²) in [7, 11) is 0. The van der Waals surface area contributed by atoms with Crippen LogP contribution in [0.25, 0.3) is 0 Å². The summed E-state index contributed by atoms with van der Waals surface area (Å²) in [4.78, 5) is 14.9. The zero-order valence-corrected chi connectivity index (χ0v) is 12.5. The first-order valence-electron chi connectivity index (χ1n) is 5.90. The van der Waals surface area contributed by atoms with Gasteiger partial charge in [-0.25, -0.2) is 4.98 Å². The SMILES string of the molecule is CC(C)(C)c1cc(C(F)(F)F)c(C#N)c(SCC(N)=O)n1. The van der Waals surface area contributed by atoms with Gasteiger partial charge in [0.2, 0.25) is 5.91 Å². The third kappa shape index (κ3) is 4.36. The van der Waals surface area contributed by atoms with Crippen molar-refractivity contribution in [1.29, 1.82) is 5.26 Å². The van der Waals surface area contributed by atoms with Gasteiger partial charge >= 0.3 is 6.18 Å². The summed E-state index contributed by atoms with van der Waals surface area (Å²) < 4.78 is 39.3. The summed E-state index contributed by atoms with van der Waals surface area (Å²) in [5.41, 5.74) is 2.93. The van der Waals surface area contributed by atoms with Crippen LogP contribution in [-0.4, -0.2) is 16.6 Å². The highest BCUT2D eigenvalue weighted by Crippen LogP contribution is 2.37. The van der Waals surface area contributed by atoms with E-state index >= 15 is 0 Å². The van der Waals surface area contributed by atoms with Crippen LogP contribution in [0.15, 0.2) is 11.1 Å². The standard InChI is InChI=1S/C13H14F3N3OS/c1-12(2,3)9-4-8(13(14,15)16)7(5-17)11(19-9)21-6-10(18)20/h4H,6H2,1-3H3,(H2,18,20). The fourth-order valence-electron chi connectivity index (χ4n) is 1.48. The average molecular weight is 317 g/mol. The number of carbonyl (C=O) groups excluding carboxylic acids is 1. The van der Waals surface area contributed by atoms with Crippen LogP contribution in [0.5, 0.6) is 0 Å². The van der Waals surface area contributed by atoms with E-state index in [0.29, 0.717) is 0 Å². The molecule has 114 valence electrons. The van der Waals surface area contributed by atoms with Crippen LogP contribution in [0.3, 0.4) is 0 Å². The van der Waals surface area contributed by atoms with E-state index in [1.54, 1.807) is 20.8 Å². The Balaban J connectivity index is 3.53. The lowest BCUT2D eigenvalue weighted by atomic mass is 9.90. The molecule has 0 aromatic carbocycles. The maximum Gasteiger partial charge on any atom is 0.417 e. The number of hydrogen-bond donors (Lipinski definition) is 1. The summed E-state index contributed by atoms with van der Waals surface area (Å²) in [5, 5.41) is 8.87. The van der Waals surface area contributed by atoms with E-state index in [1.165, 1.54) is 6.07 Å². The molecule has 1 rings (SSSR count). The predicted octanol–water partition coefficient (Wildman–Crippen LogP) is 2.85. The first-order valence-corrected chi connectivity index (χ1v) is 6.89. The number of amides is 1. The second-order valence-electron chi connectivity index (χ2n) is 5.35. The van der Waals surface area contributed by atoms with Crippen LogP contribution in [0.1, 0.15) is 37.6 Å². The molecular weight excluding hydrogens is 303 g/mol. The van der Waals surface area contributed by atoms with Gasteiger partial charge in [-0.1, -0.05) is 32.5 Å². The largest absolute Gasteiger partial charge is 0.417 e. The topological polar surface area (TPSA) is 79.8 Å². The number of nitrogens with zero attached hydrogens (tertiary/aromatic N) is 2. The number of nitrogens with two attached hydrogens (primary N) is 1. The zero-order valence-electron chi connectivity index (χ0n) is 11.7. The van der Waals surface area contributed by atoms with Gasteiger partial charge in [0.25, 0.3) is 0 Å². The lowest BCUT2D eigenvalue weighted by Crippen LogP contribution is -2.19. The van der Waals surface area contributed by atoms with Gasteiger partial charge < -0.3 is 5.73 Å². The Hall–Kier alpha value is -1.75. The third-order valence-corrected chi connectivity index (χ3v) is 3.52. The molecule has 0 fully saturated rings. The fraction of sp³-hybridized carbons (Fsp3) is 0.462. The number of alkyl halides is 3. The quantitative estimate of drug-likeness (QED) is 0.869. The Morgan fingerprint density at radius 1 is 1.43 bits per heavy atom. The molecule has 0 saturated heterocycles. The monoisotopic (exact) mass is 317 g/mol. The van der Waals surface area contributed by atoms with E-state index in [9.17, 15) is 18.0 Å². The smallest absolute Gasteiger partial charge is 0.369 e. The average Bonchev–Trinajstić information content (AvgIpc) is 2.32. The summed E-state index contributed by atoms with van der Waals surface area (Å²) in [6.07, 6.45) is -4.67. The molecule has 1 aromatic rings. The summed E-state index contributed by atoms with van der Waals surface area (Å²) in [6.45, 7) is 5.14. The number of aromatic nitrogens is 1. The first kappa shape index (κ1) is 17.3. The second kappa shape index (κ2) is 5.93. The van der Waals surface area contributed by atoms with E-state index in [-0.39, 0.29) is 16.5 Å². The van der Waals surface area contributed by atoms with Gasteiger partial charge in [-0.05, 0) is 6.07 Å². The number of nitriles is 1. The molecule has 2 N–H and O–H groups in total. The highest BCUT2D eigenvalue weighted by molar-refractivity contribution is 8.00. The molecular formula is C13H14F3N3OS. The maximum atomic E-state index is 13.1. The highest BCUT2D eigenvalue weighted by Gasteiger charge is 2.37. The van der Waals surface area contributed by atoms with E-state index < -0.39 is 28.6 Å². The minimum atomic E-state index is -4.67. The Bertz CT molecular complexity index is 600. The van der Waals surface area contributed by atoms with E-state index in [0.717, 1.165) is 17.8 Å². The van der Waals surface area contributed by atoms with Gasteiger partial charge in [0, 0.05) is 11.1 Å². The maximum absolute atomic E-state index is 13.1. The number of thioether (sulfide) groups is 1. The van der Waals surface area contributed by atoms with Crippen molar-refractivity contribution in [1.82, 2.24) is 4.98 Å². The van der Waals surface area contributed by atoms with Crippen molar-refractivity contribution in [2.45, 2.75) is 37.4 Å². The third-order valence-electron chi connectivity index (χ3n) is 2.52. The molecule has 0 unspecified atom stereocenters. The molecule has 0 radical (unpaired) electrons. The number of hydrogen-bond acceptors (Lipinski definition) is 4. The fourth-order valence-corrected chi connectivity index (χ4v) is 2.22. The van der Waals surface area contributed by atoms with Crippen LogP contribution in [0.4, 0.5) is 13.2 Å². The van der Waals surface area contributed by atoms with Crippen molar-refractivity contribution in [3.63, 3.8) is 0 Å². The van der Waals surface area contributed by atoms with E-state index in [1.807, 2.05) is 0 Å². The molecule has 0 bridgehead atoms. The number of carbonyl (C=O) groups is 1. The van der Waals surface area contributed by atoms with Gasteiger partial charge in [0.1, 0.15) is 11.1 Å². The van der Waals surface area contributed by atoms with Gasteiger partial charge in [0.15, 0.2) is 0 Å². The van der Waals surface area contributed by atoms with Gasteiger partial charge in [-0.15, -0.1) is 0 Å². The van der Waals surface area contributed by atoms with Crippen molar-refractivity contribution in [3.05, 3.63) is 22.9 Å². The van der Waals surface area contributed by atoms with Gasteiger partial charge in [-0.2, -0.15) is 18.4 Å². The molecule has 1 amide bonds. The molecule has 8 heteroatoms. The lowest BCUT2D eigenvalue weighted by Gasteiger charge is -2.21. The second-order valence-corrected chi connectivity index (χ2v) is 6.31. The molecule has 0 aliphatic carbocycles. The van der Waals surface area contributed by atoms with Crippen molar-refractivity contribution in [3.8, 4) is 6.07 Å². The van der Waals surface area contributed by atoms with Crippen LogP contribution in [-0.2, 0) is 16.4 Å². The predicted molar refractivity (Wildman–Crippen MR) is 72.6 cm³/mol. The normalized spacial score (nSPS) is 12.0. The van der Waals surface area contributed by atoms with Crippen molar-refractivity contribution in [2.24, 2.45) is 5.73 Å². The molecule has 0 saturated carbocycles. The number of halogens is 3. The number of primary amides is 1. The van der Waals surface area contributed by atoms with Crippen molar-refractivity contribution < 1.29 is 18.0 Å². The van der Waals surface area contributed by atoms with Crippen molar-refractivity contribution in [2.75, 3.05) is 5.75 Å². The van der Waals surface area contributed by atoms with E-state index in [4.69, 9.17) is 11.0 Å². The molecule has 0 aliphatic rings. The summed E-state index contributed by atoms with van der Waals surface area (Å²) in [6, 6.07) is 2.40. The summed E-state index contributed by atoms with van der Waals surface area (Å²) >= 11 is 0.732. The Labute approximate surface area is 124 Å².